The lowest BCUT2D eigenvalue weighted by Crippen LogP contribution is -1.86. The van der Waals surface area contributed by atoms with Crippen molar-refractivity contribution in [1.29, 1.82) is 0 Å². The fourth-order valence-electron chi connectivity index (χ4n) is 2.11. The number of rotatable bonds is 2. The highest BCUT2D eigenvalue weighted by Crippen LogP contribution is 2.33. The molecule has 3 rings (SSSR count). The Balaban J connectivity index is 1.98. The smallest absolute Gasteiger partial charge is 0.128 e. The Bertz CT molecular complexity index is 585. The third kappa shape index (κ3) is 1.97. The van der Waals surface area contributed by atoms with E-state index in [1.807, 2.05) is 30.3 Å². The van der Waals surface area contributed by atoms with Crippen LogP contribution >= 0.6 is 0 Å². The van der Waals surface area contributed by atoms with Gasteiger partial charge >= 0.3 is 0 Å². The van der Waals surface area contributed by atoms with E-state index in [9.17, 15) is 0 Å². The summed E-state index contributed by atoms with van der Waals surface area (Å²) in [6, 6.07) is 16.2. The van der Waals surface area contributed by atoms with Crippen molar-refractivity contribution in [2.24, 2.45) is 0 Å². The van der Waals surface area contributed by atoms with Crippen LogP contribution in [0.25, 0.3) is 11.8 Å². The minimum Gasteiger partial charge on any atom is -0.497 e. The highest BCUT2D eigenvalue weighted by Gasteiger charge is 2.17. The first-order chi connectivity index (χ1) is 8.86. The Morgan fingerprint density at radius 2 is 1.94 bits per heavy atom. The van der Waals surface area contributed by atoms with Gasteiger partial charge in [0, 0.05) is 11.1 Å². The standard InChI is InChI=1S/C16H14O2/c1-17-14-7-8-15-13(10-14)11-18-16(15)9-12-5-3-2-4-6-12/h2-10H,11H2,1H3/b16-9-. The maximum Gasteiger partial charge on any atom is 0.128 e. The van der Waals surface area contributed by atoms with Gasteiger partial charge in [0.2, 0.25) is 0 Å². The van der Waals surface area contributed by atoms with Gasteiger partial charge in [-0.15, -0.1) is 0 Å². The highest BCUT2D eigenvalue weighted by molar-refractivity contribution is 5.80. The van der Waals surface area contributed by atoms with Crippen LogP contribution in [0.3, 0.4) is 0 Å². The number of benzene rings is 2. The first-order valence-electron chi connectivity index (χ1n) is 5.93. The normalized spacial score (nSPS) is 15.3. The third-order valence-electron chi connectivity index (χ3n) is 3.06. The van der Waals surface area contributed by atoms with Crippen molar-refractivity contribution in [3.8, 4) is 5.75 Å². The van der Waals surface area contributed by atoms with Gasteiger partial charge < -0.3 is 9.47 Å². The second kappa shape index (κ2) is 4.57. The summed E-state index contributed by atoms with van der Waals surface area (Å²) >= 11 is 0. The van der Waals surface area contributed by atoms with Crippen molar-refractivity contribution in [3.05, 3.63) is 65.2 Å². The van der Waals surface area contributed by atoms with Crippen LogP contribution in [-0.2, 0) is 11.3 Å². The summed E-state index contributed by atoms with van der Waals surface area (Å²) in [6.07, 6.45) is 2.07. The molecule has 0 spiro atoms. The van der Waals surface area contributed by atoms with Crippen molar-refractivity contribution in [2.75, 3.05) is 7.11 Å². The molecular formula is C16H14O2. The Hall–Kier alpha value is -2.22. The monoisotopic (exact) mass is 238 g/mol. The molecule has 0 N–H and O–H groups in total. The molecule has 0 saturated heterocycles. The predicted molar refractivity (Wildman–Crippen MR) is 72.1 cm³/mol. The molecular weight excluding hydrogens is 224 g/mol. The first-order valence-corrected chi connectivity index (χ1v) is 5.93. The zero-order valence-electron chi connectivity index (χ0n) is 10.2. The van der Waals surface area contributed by atoms with Gasteiger partial charge in [-0.3, -0.25) is 0 Å². The Morgan fingerprint density at radius 3 is 2.72 bits per heavy atom. The number of fused-ring (bicyclic) bond motifs is 1. The fraction of sp³-hybridized carbons (Fsp3) is 0.125. The van der Waals surface area contributed by atoms with Crippen LogP contribution in [0.4, 0.5) is 0 Å². The molecule has 0 unspecified atom stereocenters. The predicted octanol–water partition coefficient (Wildman–Crippen LogP) is 3.72. The van der Waals surface area contributed by atoms with Crippen LogP contribution in [0.2, 0.25) is 0 Å². The molecule has 1 aliphatic heterocycles. The summed E-state index contributed by atoms with van der Waals surface area (Å²) in [7, 11) is 1.68. The molecule has 2 nitrogen and oxygen atoms in total. The molecule has 0 amide bonds. The average molecular weight is 238 g/mol. The van der Waals surface area contributed by atoms with Gasteiger partial charge in [0.15, 0.2) is 0 Å². The van der Waals surface area contributed by atoms with Crippen molar-refractivity contribution < 1.29 is 9.47 Å². The van der Waals surface area contributed by atoms with Crippen molar-refractivity contribution in [1.82, 2.24) is 0 Å². The summed E-state index contributed by atoms with van der Waals surface area (Å²) < 4.78 is 11.0. The van der Waals surface area contributed by atoms with E-state index in [-0.39, 0.29) is 0 Å². The SMILES string of the molecule is COc1ccc2c(c1)CO/C2=C\c1ccccc1. The molecule has 1 aliphatic rings. The molecule has 0 bridgehead atoms. The van der Waals surface area contributed by atoms with Crippen LogP contribution in [0, 0.1) is 0 Å². The lowest BCUT2D eigenvalue weighted by Gasteiger charge is -2.02. The van der Waals surface area contributed by atoms with Gasteiger partial charge in [0.05, 0.1) is 7.11 Å². The Morgan fingerprint density at radius 1 is 1.11 bits per heavy atom. The second-order valence-corrected chi connectivity index (χ2v) is 4.23. The lowest BCUT2D eigenvalue weighted by molar-refractivity contribution is 0.287. The second-order valence-electron chi connectivity index (χ2n) is 4.23. The third-order valence-corrected chi connectivity index (χ3v) is 3.06. The van der Waals surface area contributed by atoms with Crippen molar-refractivity contribution in [2.45, 2.75) is 6.61 Å². The van der Waals surface area contributed by atoms with Crippen LogP contribution in [-0.4, -0.2) is 7.11 Å². The number of hydrogen-bond acceptors (Lipinski definition) is 2. The number of methoxy groups -OCH3 is 1. The highest BCUT2D eigenvalue weighted by atomic mass is 16.5. The molecule has 2 heteroatoms. The molecule has 2 aromatic rings. The van der Waals surface area contributed by atoms with Crippen LogP contribution in [0.15, 0.2) is 48.5 Å². The largest absolute Gasteiger partial charge is 0.497 e. The minimum absolute atomic E-state index is 0.616. The summed E-state index contributed by atoms with van der Waals surface area (Å²) in [5, 5.41) is 0. The van der Waals surface area contributed by atoms with Crippen LogP contribution in [0.1, 0.15) is 16.7 Å². The Labute approximate surface area is 106 Å². The van der Waals surface area contributed by atoms with Gasteiger partial charge in [0.1, 0.15) is 18.1 Å². The molecule has 0 radical (unpaired) electrons. The topological polar surface area (TPSA) is 18.5 Å². The minimum atomic E-state index is 0.616. The zero-order valence-corrected chi connectivity index (χ0v) is 10.2. The van der Waals surface area contributed by atoms with Crippen LogP contribution in [0.5, 0.6) is 5.75 Å². The summed E-state index contributed by atoms with van der Waals surface area (Å²) in [5.41, 5.74) is 3.48. The zero-order chi connectivity index (χ0) is 12.4. The first kappa shape index (κ1) is 10.9. The van der Waals surface area contributed by atoms with Crippen molar-refractivity contribution >= 4 is 11.8 Å². The van der Waals surface area contributed by atoms with Crippen LogP contribution < -0.4 is 4.74 Å². The van der Waals surface area contributed by atoms with E-state index >= 15 is 0 Å². The Kier molecular flexibility index (Phi) is 2.77. The van der Waals surface area contributed by atoms with E-state index in [4.69, 9.17) is 9.47 Å². The number of hydrogen-bond donors (Lipinski definition) is 0. The fourth-order valence-corrected chi connectivity index (χ4v) is 2.11. The van der Waals surface area contributed by atoms with Gasteiger partial charge in [-0.1, -0.05) is 30.3 Å². The van der Waals surface area contributed by atoms with E-state index in [2.05, 4.69) is 24.3 Å². The molecule has 0 fully saturated rings. The van der Waals surface area contributed by atoms with Gasteiger partial charge in [-0.2, -0.15) is 0 Å². The molecule has 0 atom stereocenters. The van der Waals surface area contributed by atoms with E-state index in [1.54, 1.807) is 7.11 Å². The average Bonchev–Trinajstić information content (AvgIpc) is 2.82. The maximum atomic E-state index is 5.73. The van der Waals surface area contributed by atoms with Gasteiger partial charge in [-0.05, 0) is 29.8 Å². The molecule has 0 saturated carbocycles. The van der Waals surface area contributed by atoms with Gasteiger partial charge in [-0.25, -0.2) is 0 Å². The molecule has 0 aromatic heterocycles. The molecule has 18 heavy (non-hydrogen) atoms. The van der Waals surface area contributed by atoms with E-state index in [1.165, 1.54) is 5.56 Å². The van der Waals surface area contributed by atoms with E-state index < -0.39 is 0 Å². The quantitative estimate of drug-likeness (QED) is 0.793. The summed E-state index contributed by atoms with van der Waals surface area (Å²) in [6.45, 7) is 0.616. The molecule has 1 heterocycles. The molecule has 2 aromatic carbocycles. The lowest BCUT2D eigenvalue weighted by atomic mass is 10.1. The maximum absolute atomic E-state index is 5.73. The molecule has 90 valence electrons. The van der Waals surface area contributed by atoms with Gasteiger partial charge in [0.25, 0.3) is 0 Å². The number of ether oxygens (including phenoxy) is 2. The van der Waals surface area contributed by atoms with E-state index in [0.29, 0.717) is 6.61 Å². The van der Waals surface area contributed by atoms with E-state index in [0.717, 1.165) is 22.6 Å². The molecule has 0 aliphatic carbocycles. The summed E-state index contributed by atoms with van der Waals surface area (Å²) in [5.74, 6) is 1.80. The van der Waals surface area contributed by atoms with Crippen molar-refractivity contribution in [3.63, 3.8) is 0 Å². The summed E-state index contributed by atoms with van der Waals surface area (Å²) in [4.78, 5) is 0.